The van der Waals surface area contributed by atoms with Crippen molar-refractivity contribution in [3.05, 3.63) is 18.4 Å². The Balaban J connectivity index is 1.96. The summed E-state index contributed by atoms with van der Waals surface area (Å²) in [5.74, 6) is -0.495. The van der Waals surface area contributed by atoms with Crippen LogP contribution in [0.3, 0.4) is 0 Å². The molecule has 1 saturated heterocycles. The maximum atomic E-state index is 11.6. The number of nitrogens with zero attached hydrogens (tertiary/aromatic N) is 2. The SMILES string of the molecule is O=C1CC(CS(=O)(=O)Cl)CN1Cc1cocn1. The van der Waals surface area contributed by atoms with Crippen LogP contribution in [0.2, 0.25) is 0 Å². The molecule has 17 heavy (non-hydrogen) atoms. The van der Waals surface area contributed by atoms with Gasteiger partial charge in [-0.05, 0) is 0 Å². The van der Waals surface area contributed by atoms with E-state index in [1.165, 1.54) is 12.7 Å². The summed E-state index contributed by atoms with van der Waals surface area (Å²) >= 11 is 0. The van der Waals surface area contributed by atoms with Crippen LogP contribution < -0.4 is 0 Å². The molecule has 1 amide bonds. The van der Waals surface area contributed by atoms with Crippen LogP contribution in [-0.4, -0.2) is 36.5 Å². The molecule has 0 spiro atoms. The summed E-state index contributed by atoms with van der Waals surface area (Å²) in [6, 6.07) is 0. The molecule has 1 aromatic rings. The highest BCUT2D eigenvalue weighted by molar-refractivity contribution is 8.13. The summed E-state index contributed by atoms with van der Waals surface area (Å²) in [6.45, 7) is 0.728. The van der Waals surface area contributed by atoms with Gasteiger partial charge in [0.15, 0.2) is 6.39 Å². The largest absolute Gasteiger partial charge is 0.451 e. The van der Waals surface area contributed by atoms with E-state index in [1.54, 1.807) is 4.90 Å². The Morgan fingerprint density at radius 2 is 2.35 bits per heavy atom. The Labute approximate surface area is 103 Å². The number of rotatable bonds is 4. The van der Waals surface area contributed by atoms with Crippen molar-refractivity contribution in [1.82, 2.24) is 9.88 Å². The maximum absolute atomic E-state index is 11.6. The number of hydrogen-bond acceptors (Lipinski definition) is 5. The highest BCUT2D eigenvalue weighted by Gasteiger charge is 2.32. The molecule has 2 heterocycles. The highest BCUT2D eigenvalue weighted by atomic mass is 35.7. The lowest BCUT2D eigenvalue weighted by atomic mass is 10.1. The van der Waals surface area contributed by atoms with Crippen molar-refractivity contribution >= 4 is 25.6 Å². The van der Waals surface area contributed by atoms with E-state index in [4.69, 9.17) is 15.1 Å². The molecule has 1 aliphatic heterocycles. The number of oxazole rings is 1. The van der Waals surface area contributed by atoms with E-state index in [1.807, 2.05) is 0 Å². The third-order valence-corrected chi connectivity index (χ3v) is 3.81. The molecule has 94 valence electrons. The minimum atomic E-state index is -3.56. The fourth-order valence-electron chi connectivity index (χ4n) is 1.91. The summed E-state index contributed by atoms with van der Waals surface area (Å²) in [6.07, 6.45) is 2.96. The number of likely N-dealkylation sites (tertiary alicyclic amines) is 1. The number of carbonyl (C=O) groups is 1. The van der Waals surface area contributed by atoms with Crippen LogP contribution in [0.1, 0.15) is 12.1 Å². The first-order chi connectivity index (χ1) is 7.94. The fourth-order valence-corrected chi connectivity index (χ4v) is 3.23. The molecule has 8 heteroatoms. The molecule has 1 unspecified atom stereocenters. The van der Waals surface area contributed by atoms with E-state index in [0.29, 0.717) is 18.8 Å². The summed E-state index contributed by atoms with van der Waals surface area (Å²) < 4.78 is 26.7. The molecule has 0 N–H and O–H groups in total. The first kappa shape index (κ1) is 12.4. The van der Waals surface area contributed by atoms with Crippen molar-refractivity contribution in [2.75, 3.05) is 12.3 Å². The van der Waals surface area contributed by atoms with Crippen molar-refractivity contribution in [2.45, 2.75) is 13.0 Å². The van der Waals surface area contributed by atoms with Gasteiger partial charge in [-0.1, -0.05) is 0 Å². The second-order valence-electron chi connectivity index (χ2n) is 4.03. The molecule has 0 saturated carbocycles. The van der Waals surface area contributed by atoms with Gasteiger partial charge in [-0.3, -0.25) is 4.79 Å². The first-order valence-electron chi connectivity index (χ1n) is 5.01. The third-order valence-electron chi connectivity index (χ3n) is 2.57. The highest BCUT2D eigenvalue weighted by Crippen LogP contribution is 2.22. The number of carbonyl (C=O) groups excluding carboxylic acids is 1. The van der Waals surface area contributed by atoms with E-state index in [9.17, 15) is 13.2 Å². The van der Waals surface area contributed by atoms with Gasteiger partial charge in [-0.2, -0.15) is 0 Å². The molecule has 1 aliphatic rings. The zero-order valence-electron chi connectivity index (χ0n) is 8.87. The first-order valence-corrected chi connectivity index (χ1v) is 7.49. The average Bonchev–Trinajstić information content (AvgIpc) is 2.75. The van der Waals surface area contributed by atoms with Gasteiger partial charge in [0.1, 0.15) is 6.26 Å². The minimum absolute atomic E-state index is 0.0849. The monoisotopic (exact) mass is 278 g/mol. The summed E-state index contributed by atoms with van der Waals surface area (Å²) in [7, 11) is 1.61. The lowest BCUT2D eigenvalue weighted by molar-refractivity contribution is -0.128. The molecule has 1 atom stereocenters. The Kier molecular flexibility index (Phi) is 3.39. The zero-order chi connectivity index (χ0) is 12.5. The van der Waals surface area contributed by atoms with Crippen LogP contribution >= 0.6 is 10.7 Å². The summed E-state index contributed by atoms with van der Waals surface area (Å²) in [4.78, 5) is 17.1. The van der Waals surface area contributed by atoms with Gasteiger partial charge >= 0.3 is 0 Å². The summed E-state index contributed by atoms with van der Waals surface area (Å²) in [5, 5.41) is 0. The normalized spacial score (nSPS) is 21.1. The molecule has 0 aromatic carbocycles. The standard InChI is InChI=1S/C9H11ClN2O4S/c10-17(14,15)5-7-1-9(13)12(2-7)3-8-4-16-6-11-8/h4,6-7H,1-3,5H2. The Morgan fingerprint density at radius 3 is 2.94 bits per heavy atom. The minimum Gasteiger partial charge on any atom is -0.451 e. The molecule has 6 nitrogen and oxygen atoms in total. The maximum Gasteiger partial charge on any atom is 0.232 e. The Bertz CT molecular complexity index is 499. The van der Waals surface area contributed by atoms with E-state index in [0.717, 1.165) is 0 Å². The van der Waals surface area contributed by atoms with Gasteiger partial charge in [0.05, 0.1) is 18.0 Å². The molecule has 0 bridgehead atoms. The molecule has 0 aliphatic carbocycles. The number of hydrogen-bond donors (Lipinski definition) is 0. The van der Waals surface area contributed by atoms with Gasteiger partial charge in [-0.25, -0.2) is 13.4 Å². The van der Waals surface area contributed by atoms with Crippen LogP contribution in [0.4, 0.5) is 0 Å². The predicted molar refractivity (Wildman–Crippen MR) is 59.7 cm³/mol. The molecular weight excluding hydrogens is 268 g/mol. The van der Waals surface area contributed by atoms with Crippen LogP contribution in [0.15, 0.2) is 17.1 Å². The number of halogens is 1. The lowest BCUT2D eigenvalue weighted by Crippen LogP contribution is -2.25. The van der Waals surface area contributed by atoms with Crippen LogP contribution in [0, 0.1) is 5.92 Å². The molecule has 1 aromatic heterocycles. The summed E-state index contributed by atoms with van der Waals surface area (Å²) in [5.41, 5.74) is 0.646. The fraction of sp³-hybridized carbons (Fsp3) is 0.556. The quantitative estimate of drug-likeness (QED) is 0.753. The van der Waals surface area contributed by atoms with Gasteiger partial charge in [0.25, 0.3) is 0 Å². The molecule has 1 fully saturated rings. The number of aromatic nitrogens is 1. The van der Waals surface area contributed by atoms with Crippen LogP contribution in [0.5, 0.6) is 0 Å². The van der Waals surface area contributed by atoms with Crippen molar-refractivity contribution in [3.8, 4) is 0 Å². The molecular formula is C9H11ClN2O4S. The van der Waals surface area contributed by atoms with Gasteiger partial charge in [0.2, 0.25) is 15.0 Å². The van der Waals surface area contributed by atoms with Gasteiger partial charge < -0.3 is 9.32 Å². The van der Waals surface area contributed by atoms with E-state index in [-0.39, 0.29) is 24.0 Å². The van der Waals surface area contributed by atoms with Crippen molar-refractivity contribution in [3.63, 3.8) is 0 Å². The van der Waals surface area contributed by atoms with Crippen LogP contribution in [0.25, 0.3) is 0 Å². The molecule has 2 rings (SSSR count). The van der Waals surface area contributed by atoms with Crippen molar-refractivity contribution in [1.29, 1.82) is 0 Å². The average molecular weight is 279 g/mol. The predicted octanol–water partition coefficient (Wildman–Crippen LogP) is 0.592. The van der Waals surface area contributed by atoms with Crippen molar-refractivity contribution in [2.24, 2.45) is 5.92 Å². The van der Waals surface area contributed by atoms with E-state index in [2.05, 4.69) is 4.98 Å². The van der Waals surface area contributed by atoms with E-state index < -0.39 is 9.05 Å². The number of amides is 1. The second-order valence-corrected chi connectivity index (χ2v) is 6.85. The van der Waals surface area contributed by atoms with Gasteiger partial charge in [-0.15, -0.1) is 0 Å². The topological polar surface area (TPSA) is 80.5 Å². The van der Waals surface area contributed by atoms with Crippen molar-refractivity contribution < 1.29 is 17.6 Å². The Morgan fingerprint density at radius 1 is 1.59 bits per heavy atom. The lowest BCUT2D eigenvalue weighted by Gasteiger charge is -2.14. The molecule has 0 radical (unpaired) electrons. The second kappa shape index (κ2) is 4.66. The third kappa shape index (κ3) is 3.44. The smallest absolute Gasteiger partial charge is 0.232 e. The zero-order valence-corrected chi connectivity index (χ0v) is 10.4. The van der Waals surface area contributed by atoms with Crippen LogP contribution in [-0.2, 0) is 20.4 Å². The van der Waals surface area contributed by atoms with Gasteiger partial charge in [0, 0.05) is 29.6 Å². The Hall–Kier alpha value is -1.08. The van der Waals surface area contributed by atoms with E-state index >= 15 is 0 Å².